The molecule has 34 heavy (non-hydrogen) atoms. The molecule has 0 aliphatic carbocycles. The zero-order valence-electron chi connectivity index (χ0n) is 20.4. The smallest absolute Gasteiger partial charge is 0.279 e. The highest BCUT2D eigenvalue weighted by molar-refractivity contribution is 7.89. The number of nitrogens with zero attached hydrogens (tertiary/aromatic N) is 3. The number of benzene rings is 1. The average molecular weight is 515 g/mol. The largest absolute Gasteiger partial charge is 0.497 e. The van der Waals surface area contributed by atoms with Crippen molar-refractivity contribution in [3.05, 3.63) is 29.3 Å². The summed E-state index contributed by atoms with van der Waals surface area (Å²) in [6.07, 6.45) is 4.00. The van der Waals surface area contributed by atoms with E-state index in [1.54, 1.807) is 18.3 Å². The summed E-state index contributed by atoms with van der Waals surface area (Å²) in [7, 11) is -3.88. The van der Waals surface area contributed by atoms with Gasteiger partial charge in [0.1, 0.15) is 5.75 Å². The van der Waals surface area contributed by atoms with Crippen molar-refractivity contribution in [2.45, 2.75) is 51.1 Å². The Labute approximate surface area is 204 Å². The number of methoxy groups -OCH3 is 1. The molecular weight excluding hydrogens is 476 g/mol. The summed E-state index contributed by atoms with van der Waals surface area (Å²) in [5, 5.41) is 0. The van der Waals surface area contributed by atoms with Crippen LogP contribution in [0.15, 0.2) is 18.2 Å². The normalized spacial score (nSPS) is 26.1. The van der Waals surface area contributed by atoms with Crippen LogP contribution in [0, 0.1) is 5.92 Å². The molecule has 0 unspecified atom stereocenters. The Morgan fingerprint density at radius 1 is 1.21 bits per heavy atom. The number of hydrogen-bond donors (Lipinski definition) is 1. The van der Waals surface area contributed by atoms with Crippen LogP contribution in [0.25, 0.3) is 0 Å². The summed E-state index contributed by atoms with van der Waals surface area (Å²) in [5.41, 5.74) is 2.60. The molecule has 1 N–H and O–H groups in total. The lowest BCUT2D eigenvalue weighted by Gasteiger charge is -2.51. The highest BCUT2D eigenvalue weighted by atomic mass is 32.2. The van der Waals surface area contributed by atoms with Gasteiger partial charge in [0.25, 0.3) is 10.2 Å². The molecule has 0 radical (unpaired) electrons. The number of fused-ring (bicyclic) bond motifs is 4. The maximum atomic E-state index is 13.4. The number of nitrogens with one attached hydrogen (secondary N) is 1. The zero-order chi connectivity index (χ0) is 24.5. The third kappa shape index (κ3) is 5.29. The van der Waals surface area contributed by atoms with E-state index in [9.17, 15) is 16.8 Å². The quantitative estimate of drug-likeness (QED) is 0.537. The SMILES string of the molecule is CCNS(=O)(=O)N(C)CCCS(=O)(=O)N1CCC[C@@H]2CN3CCc4cc(OC)ccc4[C@@H]3C[C@@H]21. The Morgan fingerprint density at radius 2 is 2.00 bits per heavy atom. The molecule has 0 aromatic heterocycles. The van der Waals surface area contributed by atoms with E-state index >= 15 is 0 Å². The molecule has 2 saturated heterocycles. The molecule has 4 rings (SSSR count). The Balaban J connectivity index is 1.46. The van der Waals surface area contributed by atoms with E-state index in [1.165, 1.54) is 22.5 Å². The molecule has 0 bridgehead atoms. The van der Waals surface area contributed by atoms with Crippen LogP contribution in [-0.4, -0.2) is 89.0 Å². The molecule has 0 spiro atoms. The summed E-state index contributed by atoms with van der Waals surface area (Å²) in [6, 6.07) is 6.49. The van der Waals surface area contributed by atoms with Gasteiger partial charge < -0.3 is 4.74 Å². The van der Waals surface area contributed by atoms with Crippen LogP contribution < -0.4 is 9.46 Å². The first-order valence-electron chi connectivity index (χ1n) is 12.3. The molecule has 11 heteroatoms. The van der Waals surface area contributed by atoms with Gasteiger partial charge in [0.2, 0.25) is 10.0 Å². The van der Waals surface area contributed by atoms with Crippen LogP contribution in [0.4, 0.5) is 0 Å². The second-order valence-electron chi connectivity index (χ2n) is 9.64. The van der Waals surface area contributed by atoms with Crippen molar-refractivity contribution in [2.75, 3.05) is 52.6 Å². The van der Waals surface area contributed by atoms with Crippen molar-refractivity contribution in [1.29, 1.82) is 0 Å². The number of hydrogen-bond acceptors (Lipinski definition) is 6. The first kappa shape index (κ1) is 25.8. The van der Waals surface area contributed by atoms with Gasteiger partial charge in [-0.3, -0.25) is 4.90 Å². The fourth-order valence-corrected chi connectivity index (χ4v) is 8.62. The second-order valence-corrected chi connectivity index (χ2v) is 13.5. The summed E-state index contributed by atoms with van der Waals surface area (Å²) in [4.78, 5) is 2.53. The van der Waals surface area contributed by atoms with Gasteiger partial charge in [-0.2, -0.15) is 17.0 Å². The molecule has 1 aromatic carbocycles. The van der Waals surface area contributed by atoms with Crippen LogP contribution >= 0.6 is 0 Å². The first-order chi connectivity index (χ1) is 16.2. The summed E-state index contributed by atoms with van der Waals surface area (Å²) >= 11 is 0. The van der Waals surface area contributed by atoms with E-state index in [4.69, 9.17) is 4.74 Å². The zero-order valence-corrected chi connectivity index (χ0v) is 22.1. The molecule has 3 atom stereocenters. The topological polar surface area (TPSA) is 99.3 Å². The van der Waals surface area contributed by atoms with Gasteiger partial charge in [-0.15, -0.1) is 0 Å². The molecule has 1 aromatic rings. The predicted octanol–water partition coefficient (Wildman–Crippen LogP) is 1.58. The van der Waals surface area contributed by atoms with E-state index in [0.29, 0.717) is 19.0 Å². The van der Waals surface area contributed by atoms with Gasteiger partial charge in [0.15, 0.2) is 0 Å². The molecular formula is C23H38N4O5S2. The lowest BCUT2D eigenvalue weighted by molar-refractivity contribution is 0.0219. The van der Waals surface area contributed by atoms with Crippen molar-refractivity contribution in [2.24, 2.45) is 5.92 Å². The Bertz CT molecular complexity index is 1080. The van der Waals surface area contributed by atoms with E-state index < -0.39 is 20.2 Å². The number of rotatable bonds is 9. The van der Waals surface area contributed by atoms with E-state index in [0.717, 1.165) is 44.5 Å². The molecule has 3 aliphatic heterocycles. The van der Waals surface area contributed by atoms with E-state index in [-0.39, 0.29) is 30.8 Å². The standard InChI is InChI=1S/C23H38N4O5S2/c1-4-24-34(30,31)25(2)11-6-14-33(28,29)27-12-5-7-19-17-26-13-10-18-15-20(32-3)8-9-21(18)23(26)16-22(19)27/h8-9,15,19,22-24H,4-7,10-14,16-17H2,1-3H3/t19-,22+,23+/m1/s1. The highest BCUT2D eigenvalue weighted by Crippen LogP contribution is 2.44. The van der Waals surface area contributed by atoms with E-state index in [2.05, 4.69) is 21.8 Å². The average Bonchev–Trinajstić information content (AvgIpc) is 2.81. The third-order valence-electron chi connectivity index (χ3n) is 7.59. The van der Waals surface area contributed by atoms with Crippen molar-refractivity contribution in [1.82, 2.24) is 18.2 Å². The van der Waals surface area contributed by atoms with Crippen LogP contribution in [0.3, 0.4) is 0 Å². The minimum absolute atomic E-state index is 0.00345. The molecule has 0 saturated carbocycles. The third-order valence-corrected chi connectivity index (χ3v) is 11.2. The monoisotopic (exact) mass is 514 g/mol. The lowest BCUT2D eigenvalue weighted by atomic mass is 9.77. The number of ether oxygens (including phenoxy) is 1. The number of piperidine rings is 2. The van der Waals surface area contributed by atoms with Gasteiger partial charge in [0.05, 0.1) is 12.9 Å². The molecule has 3 aliphatic rings. The second kappa shape index (κ2) is 10.4. The Morgan fingerprint density at radius 3 is 2.74 bits per heavy atom. The number of sulfonamides is 1. The maximum absolute atomic E-state index is 13.4. The molecule has 3 heterocycles. The van der Waals surface area contributed by atoms with Crippen LogP contribution in [-0.2, 0) is 26.7 Å². The summed E-state index contributed by atoms with van der Waals surface area (Å²) in [6.45, 7) is 4.66. The van der Waals surface area contributed by atoms with Gasteiger partial charge in [-0.25, -0.2) is 13.1 Å². The van der Waals surface area contributed by atoms with Crippen molar-refractivity contribution < 1.29 is 21.6 Å². The predicted molar refractivity (Wildman–Crippen MR) is 132 cm³/mol. The Kier molecular flexibility index (Phi) is 7.90. The van der Waals surface area contributed by atoms with Crippen LogP contribution in [0.5, 0.6) is 5.75 Å². The molecule has 0 amide bonds. The van der Waals surface area contributed by atoms with Gasteiger partial charge in [0, 0.05) is 51.9 Å². The molecule has 192 valence electrons. The van der Waals surface area contributed by atoms with E-state index in [1.807, 2.05) is 6.07 Å². The minimum Gasteiger partial charge on any atom is -0.497 e. The van der Waals surface area contributed by atoms with Crippen molar-refractivity contribution in [3.63, 3.8) is 0 Å². The summed E-state index contributed by atoms with van der Waals surface area (Å²) < 4.78 is 61.8. The molecule has 9 nitrogen and oxygen atoms in total. The van der Waals surface area contributed by atoms with Gasteiger partial charge in [-0.05, 0) is 61.3 Å². The minimum atomic E-state index is -3.56. The highest BCUT2D eigenvalue weighted by Gasteiger charge is 2.45. The van der Waals surface area contributed by atoms with Crippen molar-refractivity contribution >= 4 is 20.2 Å². The first-order valence-corrected chi connectivity index (χ1v) is 15.3. The van der Waals surface area contributed by atoms with Crippen molar-refractivity contribution in [3.8, 4) is 5.75 Å². The molecule has 2 fully saturated rings. The fourth-order valence-electron chi connectivity index (χ4n) is 5.86. The van der Waals surface area contributed by atoms with Gasteiger partial charge >= 0.3 is 0 Å². The lowest BCUT2D eigenvalue weighted by Crippen LogP contribution is -2.57. The summed E-state index contributed by atoms with van der Waals surface area (Å²) in [5.74, 6) is 1.17. The fraction of sp³-hybridized carbons (Fsp3) is 0.739. The van der Waals surface area contributed by atoms with Gasteiger partial charge in [-0.1, -0.05) is 13.0 Å². The maximum Gasteiger partial charge on any atom is 0.279 e. The van der Waals surface area contributed by atoms with Crippen LogP contribution in [0.2, 0.25) is 0 Å². The van der Waals surface area contributed by atoms with Crippen LogP contribution in [0.1, 0.15) is 49.8 Å². The Hall–Kier alpha value is -1.24.